The molecule has 2 aromatic rings. The summed E-state index contributed by atoms with van der Waals surface area (Å²) in [4.78, 5) is 13.8. The highest BCUT2D eigenvalue weighted by molar-refractivity contribution is 6.31. The average molecular weight is 399 g/mol. The Balaban J connectivity index is 1.46. The van der Waals surface area contributed by atoms with Gasteiger partial charge in [0.1, 0.15) is 25.3 Å². The number of rotatable bonds is 4. The number of nitriles is 1. The van der Waals surface area contributed by atoms with Crippen LogP contribution in [0.3, 0.4) is 0 Å². The number of carbonyl (C=O) groups excluding carboxylic acids is 1. The summed E-state index contributed by atoms with van der Waals surface area (Å²) in [6.07, 6.45) is 2.07. The Morgan fingerprint density at radius 1 is 1.21 bits per heavy atom. The number of hydrogen-bond acceptors (Lipinski definition) is 4. The molecule has 7 heteroatoms. The quantitative estimate of drug-likeness (QED) is 0.828. The first-order chi connectivity index (χ1) is 13.6. The minimum Gasteiger partial charge on any atom is -0.486 e. The van der Waals surface area contributed by atoms with E-state index in [1.807, 2.05) is 12.1 Å². The van der Waals surface area contributed by atoms with Crippen molar-refractivity contribution in [1.29, 1.82) is 5.26 Å². The Labute approximate surface area is 168 Å². The van der Waals surface area contributed by atoms with Gasteiger partial charge in [-0.05, 0) is 36.4 Å². The lowest BCUT2D eigenvalue weighted by atomic mass is 10.0. The zero-order valence-corrected chi connectivity index (χ0v) is 16.1. The van der Waals surface area contributed by atoms with E-state index in [9.17, 15) is 10.1 Å². The number of halogens is 1. The fraction of sp³-hybridized carbons (Fsp3) is 0.333. The van der Waals surface area contributed by atoms with Crippen LogP contribution in [-0.4, -0.2) is 32.2 Å². The molecule has 6 nitrogen and oxygen atoms in total. The Morgan fingerprint density at radius 2 is 2.04 bits per heavy atom. The van der Waals surface area contributed by atoms with E-state index in [-0.39, 0.29) is 11.9 Å². The first-order valence-electron chi connectivity index (χ1n) is 9.37. The highest BCUT2D eigenvalue weighted by Crippen LogP contribution is 2.33. The van der Waals surface area contributed by atoms with Gasteiger partial charge in [0.2, 0.25) is 0 Å². The van der Waals surface area contributed by atoms with E-state index in [4.69, 9.17) is 21.1 Å². The smallest absolute Gasteiger partial charge is 0.279 e. The molecule has 2 aliphatic heterocycles. The van der Waals surface area contributed by atoms with Gasteiger partial charge in [0.25, 0.3) is 5.91 Å². The molecule has 1 saturated heterocycles. The molecule has 1 amide bonds. The van der Waals surface area contributed by atoms with Crippen LogP contribution in [0.15, 0.2) is 36.4 Å². The molecule has 2 heterocycles. The molecule has 2 aromatic carbocycles. The van der Waals surface area contributed by atoms with Crippen molar-refractivity contribution < 1.29 is 19.2 Å². The molecule has 0 saturated carbocycles. The summed E-state index contributed by atoms with van der Waals surface area (Å²) in [5, 5.41) is 12.5. The zero-order valence-electron chi connectivity index (χ0n) is 15.3. The Bertz CT molecular complexity index is 941. The normalized spacial score (nSPS) is 20.4. The summed E-state index contributed by atoms with van der Waals surface area (Å²) in [6, 6.07) is 13.2. The van der Waals surface area contributed by atoms with Gasteiger partial charge in [0.05, 0.1) is 17.8 Å². The third kappa shape index (κ3) is 3.91. The predicted molar refractivity (Wildman–Crippen MR) is 105 cm³/mol. The van der Waals surface area contributed by atoms with E-state index in [1.54, 1.807) is 18.2 Å². The summed E-state index contributed by atoms with van der Waals surface area (Å²) in [5.41, 5.74) is 2.01. The number of benzene rings is 2. The second-order valence-corrected chi connectivity index (χ2v) is 7.47. The van der Waals surface area contributed by atoms with Crippen molar-refractivity contribution in [2.75, 3.05) is 31.6 Å². The van der Waals surface area contributed by atoms with Gasteiger partial charge in [-0.2, -0.15) is 5.26 Å². The van der Waals surface area contributed by atoms with E-state index in [0.29, 0.717) is 36.0 Å². The van der Waals surface area contributed by atoms with Crippen molar-refractivity contribution in [2.24, 2.45) is 0 Å². The van der Waals surface area contributed by atoms with Crippen molar-refractivity contribution in [3.8, 4) is 17.6 Å². The number of fused-ring (bicyclic) bond motifs is 1. The van der Waals surface area contributed by atoms with Gasteiger partial charge in [-0.15, -0.1) is 0 Å². The topological polar surface area (TPSA) is 75.8 Å². The lowest BCUT2D eigenvalue weighted by molar-refractivity contribution is -0.910. The van der Waals surface area contributed by atoms with Crippen LogP contribution >= 0.6 is 11.6 Å². The molecule has 1 unspecified atom stereocenters. The maximum absolute atomic E-state index is 12.6. The SMILES string of the molecule is N#Cc1ccc(Cl)cc1NC(=O)C[NH+]1CCC[C@@H]1c1ccc2c(c1)OCCO2. The summed E-state index contributed by atoms with van der Waals surface area (Å²) in [5.74, 6) is 1.42. The maximum atomic E-state index is 12.6. The monoisotopic (exact) mass is 398 g/mol. The predicted octanol–water partition coefficient (Wildman–Crippen LogP) is 2.34. The Kier molecular flexibility index (Phi) is 5.38. The van der Waals surface area contributed by atoms with Crippen molar-refractivity contribution in [3.63, 3.8) is 0 Å². The number of quaternary nitrogens is 1. The Morgan fingerprint density at radius 3 is 2.86 bits per heavy atom. The largest absolute Gasteiger partial charge is 0.486 e. The molecule has 144 valence electrons. The summed E-state index contributed by atoms with van der Waals surface area (Å²) < 4.78 is 11.3. The van der Waals surface area contributed by atoms with E-state index >= 15 is 0 Å². The van der Waals surface area contributed by atoms with Crippen LogP contribution in [0.25, 0.3) is 0 Å². The number of likely N-dealkylation sites (tertiary alicyclic amines) is 1. The van der Waals surface area contributed by atoms with Crippen LogP contribution in [0.4, 0.5) is 5.69 Å². The number of carbonyl (C=O) groups is 1. The molecule has 1 fully saturated rings. The fourth-order valence-corrected chi connectivity index (χ4v) is 4.09. The average Bonchev–Trinajstić information content (AvgIpc) is 3.15. The number of nitrogens with one attached hydrogen (secondary N) is 2. The first kappa shape index (κ1) is 18.6. The van der Waals surface area contributed by atoms with Crippen LogP contribution in [0, 0.1) is 11.3 Å². The minimum atomic E-state index is -0.127. The highest BCUT2D eigenvalue weighted by atomic mass is 35.5. The molecular formula is C21H21ClN3O3+. The van der Waals surface area contributed by atoms with Gasteiger partial charge in [0, 0.05) is 23.4 Å². The standard InChI is InChI=1S/C21H20ClN3O3/c22-16-5-3-15(12-23)17(11-16)24-21(26)13-25-7-1-2-18(25)14-4-6-19-20(10-14)28-9-8-27-19/h3-6,10-11,18H,1-2,7-9,13H2,(H,24,26)/p+1/t18-/m1/s1. The lowest BCUT2D eigenvalue weighted by Gasteiger charge is -2.24. The van der Waals surface area contributed by atoms with Crippen LogP contribution in [0.5, 0.6) is 11.5 Å². The second-order valence-electron chi connectivity index (χ2n) is 7.03. The van der Waals surface area contributed by atoms with Crippen LogP contribution in [0.1, 0.15) is 30.0 Å². The second kappa shape index (κ2) is 8.09. The minimum absolute atomic E-state index is 0.127. The van der Waals surface area contributed by atoms with Crippen LogP contribution in [0.2, 0.25) is 5.02 Å². The molecule has 0 radical (unpaired) electrons. The molecule has 0 bridgehead atoms. The van der Waals surface area contributed by atoms with E-state index in [0.717, 1.165) is 36.4 Å². The number of anilines is 1. The number of amides is 1. The van der Waals surface area contributed by atoms with Gasteiger partial charge >= 0.3 is 0 Å². The third-order valence-electron chi connectivity index (χ3n) is 5.22. The molecule has 2 N–H and O–H groups in total. The van der Waals surface area contributed by atoms with Gasteiger partial charge in [-0.25, -0.2) is 0 Å². The van der Waals surface area contributed by atoms with Crippen molar-refractivity contribution in [2.45, 2.75) is 18.9 Å². The summed E-state index contributed by atoms with van der Waals surface area (Å²) >= 11 is 6.00. The summed E-state index contributed by atoms with van der Waals surface area (Å²) in [6.45, 7) is 2.38. The Hall–Kier alpha value is -2.75. The molecule has 0 aromatic heterocycles. The lowest BCUT2D eigenvalue weighted by Crippen LogP contribution is -3.11. The first-order valence-corrected chi connectivity index (χ1v) is 9.75. The van der Waals surface area contributed by atoms with Gasteiger partial charge in [0.15, 0.2) is 18.0 Å². The van der Waals surface area contributed by atoms with Crippen molar-refractivity contribution >= 4 is 23.2 Å². The molecule has 0 spiro atoms. The van der Waals surface area contributed by atoms with Gasteiger partial charge in [-0.1, -0.05) is 11.6 Å². The zero-order chi connectivity index (χ0) is 19.5. The van der Waals surface area contributed by atoms with E-state index in [1.165, 1.54) is 4.90 Å². The van der Waals surface area contributed by atoms with E-state index < -0.39 is 0 Å². The highest BCUT2D eigenvalue weighted by Gasteiger charge is 2.32. The van der Waals surface area contributed by atoms with Crippen LogP contribution in [-0.2, 0) is 4.79 Å². The van der Waals surface area contributed by atoms with Crippen molar-refractivity contribution in [1.82, 2.24) is 0 Å². The molecule has 2 atom stereocenters. The van der Waals surface area contributed by atoms with Gasteiger partial charge in [-0.3, -0.25) is 4.79 Å². The third-order valence-corrected chi connectivity index (χ3v) is 5.45. The van der Waals surface area contributed by atoms with E-state index in [2.05, 4.69) is 17.5 Å². The molecule has 28 heavy (non-hydrogen) atoms. The van der Waals surface area contributed by atoms with Crippen molar-refractivity contribution in [3.05, 3.63) is 52.5 Å². The number of ether oxygens (including phenoxy) is 2. The summed E-state index contributed by atoms with van der Waals surface area (Å²) in [7, 11) is 0. The molecular weight excluding hydrogens is 378 g/mol. The number of nitrogens with zero attached hydrogens (tertiary/aromatic N) is 1. The number of hydrogen-bond donors (Lipinski definition) is 2. The molecule has 2 aliphatic rings. The fourth-order valence-electron chi connectivity index (χ4n) is 3.92. The molecule has 4 rings (SSSR count). The van der Waals surface area contributed by atoms with Crippen LogP contribution < -0.4 is 19.7 Å². The molecule has 0 aliphatic carbocycles. The van der Waals surface area contributed by atoms with Gasteiger partial charge < -0.3 is 19.7 Å². The maximum Gasteiger partial charge on any atom is 0.279 e.